The van der Waals surface area contributed by atoms with Crippen LogP contribution in [0.4, 0.5) is 5.69 Å². The molecule has 0 radical (unpaired) electrons. The van der Waals surface area contributed by atoms with E-state index < -0.39 is 0 Å². The quantitative estimate of drug-likeness (QED) is 0.843. The van der Waals surface area contributed by atoms with Crippen molar-refractivity contribution in [1.29, 1.82) is 0 Å². The van der Waals surface area contributed by atoms with Crippen LogP contribution in [-0.4, -0.2) is 7.11 Å². The van der Waals surface area contributed by atoms with Crippen molar-refractivity contribution in [3.8, 4) is 17.2 Å². The summed E-state index contributed by atoms with van der Waals surface area (Å²) in [5.41, 5.74) is 7.80. The molecule has 0 saturated heterocycles. The second kappa shape index (κ2) is 5.45. The number of hydrogen-bond donors (Lipinski definition) is 1. The third kappa shape index (κ3) is 3.23. The van der Waals surface area contributed by atoms with E-state index in [1.807, 2.05) is 18.2 Å². The van der Waals surface area contributed by atoms with Gasteiger partial charge in [-0.15, -0.1) is 0 Å². The number of benzene rings is 2. The van der Waals surface area contributed by atoms with Crippen LogP contribution in [0, 0.1) is 0 Å². The maximum Gasteiger partial charge on any atom is 0.145 e. The molecule has 0 aliphatic rings. The van der Waals surface area contributed by atoms with Gasteiger partial charge in [0.2, 0.25) is 0 Å². The molecule has 2 aromatic rings. The van der Waals surface area contributed by atoms with Crippen LogP contribution in [0.25, 0.3) is 0 Å². The molecule has 3 heteroatoms. The summed E-state index contributed by atoms with van der Waals surface area (Å²) >= 11 is 0. The van der Waals surface area contributed by atoms with Gasteiger partial charge in [-0.1, -0.05) is 32.9 Å². The Balaban J connectivity index is 2.18. The van der Waals surface area contributed by atoms with Crippen LogP contribution in [-0.2, 0) is 5.41 Å². The average Bonchev–Trinajstić information content (AvgIpc) is 2.40. The van der Waals surface area contributed by atoms with E-state index in [9.17, 15) is 0 Å². The van der Waals surface area contributed by atoms with Gasteiger partial charge in [0, 0.05) is 6.07 Å². The van der Waals surface area contributed by atoms with Gasteiger partial charge < -0.3 is 15.2 Å². The van der Waals surface area contributed by atoms with E-state index in [2.05, 4.69) is 32.9 Å². The fourth-order valence-electron chi connectivity index (χ4n) is 1.91. The van der Waals surface area contributed by atoms with Gasteiger partial charge in [-0.05, 0) is 35.2 Å². The number of anilines is 1. The highest BCUT2D eigenvalue weighted by molar-refractivity contribution is 5.56. The Morgan fingerprint density at radius 1 is 0.900 bits per heavy atom. The molecule has 0 unspecified atom stereocenters. The zero-order chi connectivity index (χ0) is 14.8. The van der Waals surface area contributed by atoms with Crippen molar-refractivity contribution in [2.75, 3.05) is 12.8 Å². The Bertz CT molecular complexity index is 583. The van der Waals surface area contributed by atoms with E-state index in [-0.39, 0.29) is 5.41 Å². The highest BCUT2D eigenvalue weighted by atomic mass is 16.5. The fraction of sp³-hybridized carbons (Fsp3) is 0.294. The molecule has 0 spiro atoms. The van der Waals surface area contributed by atoms with E-state index >= 15 is 0 Å². The smallest absolute Gasteiger partial charge is 0.145 e. The lowest BCUT2D eigenvalue weighted by atomic mass is 9.87. The Morgan fingerprint density at radius 2 is 1.50 bits per heavy atom. The first-order chi connectivity index (χ1) is 9.40. The number of nitrogen functional groups attached to an aromatic ring is 1. The van der Waals surface area contributed by atoms with Crippen LogP contribution in [0.1, 0.15) is 26.3 Å². The largest absolute Gasteiger partial charge is 0.494 e. The van der Waals surface area contributed by atoms with E-state index in [0.717, 1.165) is 5.75 Å². The molecular formula is C17H21NO2. The number of hydrogen-bond acceptors (Lipinski definition) is 3. The van der Waals surface area contributed by atoms with Crippen LogP contribution < -0.4 is 15.2 Å². The van der Waals surface area contributed by atoms with E-state index in [1.54, 1.807) is 19.2 Å². The molecular weight excluding hydrogens is 250 g/mol. The Morgan fingerprint density at radius 3 is 2.05 bits per heavy atom. The zero-order valence-electron chi connectivity index (χ0n) is 12.4. The van der Waals surface area contributed by atoms with Crippen molar-refractivity contribution >= 4 is 5.69 Å². The van der Waals surface area contributed by atoms with Crippen molar-refractivity contribution in [3.63, 3.8) is 0 Å². The Kier molecular flexibility index (Phi) is 3.89. The monoisotopic (exact) mass is 271 g/mol. The minimum Gasteiger partial charge on any atom is -0.494 e. The molecule has 0 atom stereocenters. The summed E-state index contributed by atoms with van der Waals surface area (Å²) in [5, 5.41) is 0. The SMILES string of the molecule is COc1cc(Oc2ccc(C(C)(C)C)cc2)ccc1N. The molecule has 0 aliphatic carbocycles. The van der Waals surface area contributed by atoms with Gasteiger partial charge in [-0.3, -0.25) is 0 Å². The fourth-order valence-corrected chi connectivity index (χ4v) is 1.91. The summed E-state index contributed by atoms with van der Waals surface area (Å²) in [5.74, 6) is 2.12. The van der Waals surface area contributed by atoms with Gasteiger partial charge in [-0.25, -0.2) is 0 Å². The molecule has 0 bridgehead atoms. The number of rotatable bonds is 3. The summed E-state index contributed by atoms with van der Waals surface area (Å²) in [7, 11) is 1.59. The molecule has 0 heterocycles. The van der Waals surface area contributed by atoms with Crippen molar-refractivity contribution in [2.24, 2.45) is 0 Å². The molecule has 0 amide bonds. The van der Waals surface area contributed by atoms with Crippen LogP contribution in [0.3, 0.4) is 0 Å². The molecule has 0 aliphatic heterocycles. The maximum atomic E-state index is 5.81. The first kappa shape index (κ1) is 14.3. The lowest BCUT2D eigenvalue weighted by Crippen LogP contribution is -2.10. The zero-order valence-corrected chi connectivity index (χ0v) is 12.4. The average molecular weight is 271 g/mol. The second-order valence-electron chi connectivity index (χ2n) is 5.78. The normalized spacial score (nSPS) is 11.2. The van der Waals surface area contributed by atoms with Gasteiger partial charge in [0.05, 0.1) is 12.8 Å². The summed E-state index contributed by atoms with van der Waals surface area (Å²) < 4.78 is 11.0. The highest BCUT2D eigenvalue weighted by Gasteiger charge is 2.13. The van der Waals surface area contributed by atoms with E-state index in [0.29, 0.717) is 17.2 Å². The molecule has 106 valence electrons. The molecule has 2 aromatic carbocycles. The van der Waals surface area contributed by atoms with Gasteiger partial charge in [0.25, 0.3) is 0 Å². The van der Waals surface area contributed by atoms with Gasteiger partial charge in [-0.2, -0.15) is 0 Å². The van der Waals surface area contributed by atoms with Crippen molar-refractivity contribution in [3.05, 3.63) is 48.0 Å². The van der Waals surface area contributed by atoms with Crippen LogP contribution in [0.5, 0.6) is 17.2 Å². The van der Waals surface area contributed by atoms with Gasteiger partial charge in [0.1, 0.15) is 17.2 Å². The minimum atomic E-state index is 0.142. The van der Waals surface area contributed by atoms with Crippen molar-refractivity contribution in [1.82, 2.24) is 0 Å². The highest BCUT2D eigenvalue weighted by Crippen LogP contribution is 2.31. The predicted molar refractivity (Wildman–Crippen MR) is 82.6 cm³/mol. The van der Waals surface area contributed by atoms with E-state index in [4.69, 9.17) is 15.2 Å². The van der Waals surface area contributed by atoms with Crippen LogP contribution in [0.15, 0.2) is 42.5 Å². The third-order valence-electron chi connectivity index (χ3n) is 3.16. The lowest BCUT2D eigenvalue weighted by molar-refractivity contribution is 0.411. The first-order valence-corrected chi connectivity index (χ1v) is 6.62. The maximum absolute atomic E-state index is 5.81. The molecule has 0 saturated carbocycles. The van der Waals surface area contributed by atoms with Crippen LogP contribution >= 0.6 is 0 Å². The van der Waals surface area contributed by atoms with Gasteiger partial charge in [0.15, 0.2) is 0 Å². The molecule has 2 N–H and O–H groups in total. The standard InChI is InChI=1S/C17H21NO2/c1-17(2,3)12-5-7-13(8-6-12)20-14-9-10-15(18)16(11-14)19-4/h5-11H,18H2,1-4H3. The summed E-state index contributed by atoms with van der Waals surface area (Å²) in [4.78, 5) is 0. The van der Waals surface area contributed by atoms with Crippen molar-refractivity contribution in [2.45, 2.75) is 26.2 Å². The summed E-state index contributed by atoms with van der Waals surface area (Å²) in [6.07, 6.45) is 0. The van der Waals surface area contributed by atoms with E-state index in [1.165, 1.54) is 5.56 Å². The lowest BCUT2D eigenvalue weighted by Gasteiger charge is -2.19. The summed E-state index contributed by atoms with van der Waals surface area (Å²) in [6.45, 7) is 6.56. The molecule has 2 rings (SSSR count). The molecule has 0 aromatic heterocycles. The Hall–Kier alpha value is -2.16. The topological polar surface area (TPSA) is 44.5 Å². The molecule has 20 heavy (non-hydrogen) atoms. The molecule has 3 nitrogen and oxygen atoms in total. The van der Waals surface area contributed by atoms with Crippen molar-refractivity contribution < 1.29 is 9.47 Å². The van der Waals surface area contributed by atoms with Gasteiger partial charge >= 0.3 is 0 Å². The number of nitrogens with two attached hydrogens (primary N) is 1. The number of methoxy groups -OCH3 is 1. The third-order valence-corrected chi connectivity index (χ3v) is 3.16. The number of ether oxygens (including phenoxy) is 2. The Labute approximate surface area is 120 Å². The van der Waals surface area contributed by atoms with Crippen LogP contribution in [0.2, 0.25) is 0 Å². The minimum absolute atomic E-state index is 0.142. The second-order valence-corrected chi connectivity index (χ2v) is 5.78. The first-order valence-electron chi connectivity index (χ1n) is 6.62. The summed E-state index contributed by atoms with van der Waals surface area (Å²) in [6, 6.07) is 13.5. The molecule has 0 fully saturated rings. The predicted octanol–water partition coefficient (Wildman–Crippen LogP) is 4.37.